The van der Waals surface area contributed by atoms with E-state index in [1.807, 2.05) is 6.92 Å². The molecule has 190 valence electrons. The van der Waals surface area contributed by atoms with E-state index in [1.54, 1.807) is 49.4 Å². The van der Waals surface area contributed by atoms with Crippen molar-refractivity contribution in [1.82, 2.24) is 15.3 Å². The van der Waals surface area contributed by atoms with Crippen LogP contribution in [-0.4, -0.2) is 27.0 Å². The first-order valence-electron chi connectivity index (χ1n) is 12.1. The molecule has 0 aliphatic carbocycles. The Hall–Kier alpha value is -4.20. The van der Waals surface area contributed by atoms with Gasteiger partial charge in [0.05, 0.1) is 34.4 Å². The fraction of sp³-hybridized carbons (Fsp3) is 0.241. The number of carbonyl (C=O) groups excluding carboxylic acids is 1. The molecule has 1 aromatic heterocycles. The molecule has 1 amide bonds. The van der Waals surface area contributed by atoms with E-state index in [4.69, 9.17) is 9.97 Å². The van der Waals surface area contributed by atoms with Gasteiger partial charge in [0.2, 0.25) is 0 Å². The zero-order chi connectivity index (χ0) is 26.5. The number of aliphatic carboxylic acids is 1. The number of hydrogen-bond donors (Lipinski definition) is 2. The van der Waals surface area contributed by atoms with Crippen LogP contribution in [0.4, 0.5) is 8.78 Å². The number of rotatable bonds is 9. The van der Waals surface area contributed by atoms with Crippen LogP contribution >= 0.6 is 0 Å². The molecule has 2 atom stereocenters. The second-order valence-corrected chi connectivity index (χ2v) is 9.11. The predicted molar refractivity (Wildman–Crippen MR) is 137 cm³/mol. The lowest BCUT2D eigenvalue weighted by Crippen LogP contribution is -2.26. The zero-order valence-corrected chi connectivity index (χ0v) is 20.5. The highest BCUT2D eigenvalue weighted by Crippen LogP contribution is 2.26. The number of halogens is 2. The standard InChI is InChI=1S/C29H27F2N3O3/c1-17(29(36)37)4-3-5-25-27(20-8-13-23(31)14-9-20)34-24-15-10-21(16-26(24)33-25)28(35)32-18(2)19-6-11-22(30)12-7-19/h6-18H,3-5H2,1-2H3,(H,32,35)(H,36,37)/t17-,18-/m0/s1. The molecule has 0 unspecified atom stereocenters. The van der Waals surface area contributed by atoms with Crippen LogP contribution in [-0.2, 0) is 11.2 Å². The third kappa shape index (κ3) is 6.33. The molecule has 0 saturated carbocycles. The van der Waals surface area contributed by atoms with Gasteiger partial charge in [-0.1, -0.05) is 19.1 Å². The van der Waals surface area contributed by atoms with Crippen molar-refractivity contribution < 1.29 is 23.5 Å². The maximum Gasteiger partial charge on any atom is 0.306 e. The van der Waals surface area contributed by atoms with Gasteiger partial charge in [-0.05, 0) is 86.3 Å². The van der Waals surface area contributed by atoms with Crippen molar-refractivity contribution in [3.63, 3.8) is 0 Å². The van der Waals surface area contributed by atoms with Gasteiger partial charge in [-0.2, -0.15) is 0 Å². The molecule has 0 radical (unpaired) electrons. The van der Waals surface area contributed by atoms with Gasteiger partial charge in [0.15, 0.2) is 0 Å². The minimum Gasteiger partial charge on any atom is -0.481 e. The van der Waals surface area contributed by atoms with E-state index in [0.717, 1.165) is 5.56 Å². The number of carbonyl (C=O) groups is 2. The maximum atomic E-state index is 13.5. The molecular weight excluding hydrogens is 476 g/mol. The van der Waals surface area contributed by atoms with Crippen molar-refractivity contribution in [3.05, 3.63) is 95.2 Å². The summed E-state index contributed by atoms with van der Waals surface area (Å²) in [6.45, 7) is 3.48. The molecule has 0 spiro atoms. The number of aryl methyl sites for hydroxylation is 1. The molecular formula is C29H27F2N3O3. The number of carboxylic acid groups (broad SMARTS) is 1. The van der Waals surface area contributed by atoms with Crippen LogP contribution in [0.25, 0.3) is 22.3 Å². The molecule has 37 heavy (non-hydrogen) atoms. The lowest BCUT2D eigenvalue weighted by Gasteiger charge is -2.15. The summed E-state index contributed by atoms with van der Waals surface area (Å²) in [6, 6.07) is 16.6. The van der Waals surface area contributed by atoms with Crippen LogP contribution in [0.3, 0.4) is 0 Å². The van der Waals surface area contributed by atoms with Gasteiger partial charge in [-0.3, -0.25) is 9.59 Å². The largest absolute Gasteiger partial charge is 0.481 e. The molecule has 0 saturated heterocycles. The molecule has 0 fully saturated rings. The maximum absolute atomic E-state index is 13.5. The summed E-state index contributed by atoms with van der Waals surface area (Å²) in [4.78, 5) is 33.7. The van der Waals surface area contributed by atoms with Gasteiger partial charge in [0, 0.05) is 11.1 Å². The molecule has 0 aliphatic heterocycles. The van der Waals surface area contributed by atoms with E-state index < -0.39 is 11.9 Å². The average molecular weight is 504 g/mol. The normalized spacial score (nSPS) is 12.8. The SMILES string of the molecule is C[C@H](NC(=O)c1ccc2nc(-c3ccc(F)cc3)c(CCC[C@H](C)C(=O)O)nc2c1)c1ccc(F)cc1. The quantitative estimate of drug-likeness (QED) is 0.288. The Morgan fingerprint density at radius 1 is 0.892 bits per heavy atom. The summed E-state index contributed by atoms with van der Waals surface area (Å²) in [5.74, 6) is -2.35. The molecule has 4 rings (SSSR count). The Morgan fingerprint density at radius 3 is 2.19 bits per heavy atom. The zero-order valence-electron chi connectivity index (χ0n) is 20.5. The Morgan fingerprint density at radius 2 is 1.54 bits per heavy atom. The highest BCUT2D eigenvalue weighted by Gasteiger charge is 2.17. The Balaban J connectivity index is 1.63. The summed E-state index contributed by atoms with van der Waals surface area (Å²) in [5.41, 5.74) is 4.21. The highest BCUT2D eigenvalue weighted by atomic mass is 19.1. The molecule has 0 bridgehead atoms. The van der Waals surface area contributed by atoms with Crippen LogP contribution in [0.2, 0.25) is 0 Å². The third-order valence-corrected chi connectivity index (χ3v) is 6.31. The number of aromatic nitrogens is 2. The van der Waals surface area contributed by atoms with Gasteiger partial charge >= 0.3 is 5.97 Å². The van der Waals surface area contributed by atoms with Crippen LogP contribution in [0.15, 0.2) is 66.7 Å². The predicted octanol–water partition coefficient (Wildman–Crippen LogP) is 6.11. The number of hydrogen-bond acceptors (Lipinski definition) is 4. The molecule has 2 N–H and O–H groups in total. The van der Waals surface area contributed by atoms with E-state index in [0.29, 0.717) is 52.8 Å². The molecule has 3 aromatic carbocycles. The minimum absolute atomic E-state index is 0.306. The van der Waals surface area contributed by atoms with Crippen LogP contribution in [0.1, 0.15) is 54.3 Å². The first-order chi connectivity index (χ1) is 17.7. The summed E-state index contributed by atoms with van der Waals surface area (Å²) in [6.07, 6.45) is 1.53. The first-order valence-corrected chi connectivity index (χ1v) is 12.1. The molecule has 6 nitrogen and oxygen atoms in total. The van der Waals surface area contributed by atoms with Gasteiger partial charge in [-0.15, -0.1) is 0 Å². The summed E-state index contributed by atoms with van der Waals surface area (Å²) < 4.78 is 26.7. The van der Waals surface area contributed by atoms with Crippen molar-refractivity contribution in [2.45, 2.75) is 39.2 Å². The monoisotopic (exact) mass is 503 g/mol. The van der Waals surface area contributed by atoms with Crippen molar-refractivity contribution in [2.75, 3.05) is 0 Å². The number of carboxylic acids is 1. The Bertz CT molecular complexity index is 1420. The van der Waals surface area contributed by atoms with Crippen LogP contribution in [0.5, 0.6) is 0 Å². The summed E-state index contributed by atoms with van der Waals surface area (Å²) in [7, 11) is 0. The topological polar surface area (TPSA) is 92.2 Å². The average Bonchev–Trinajstić information content (AvgIpc) is 2.88. The van der Waals surface area contributed by atoms with Crippen molar-refractivity contribution in [1.29, 1.82) is 0 Å². The number of benzene rings is 3. The van der Waals surface area contributed by atoms with Crippen molar-refractivity contribution in [2.24, 2.45) is 5.92 Å². The minimum atomic E-state index is -0.853. The fourth-order valence-corrected chi connectivity index (χ4v) is 4.06. The van der Waals surface area contributed by atoms with E-state index >= 15 is 0 Å². The Labute approximate surface area is 213 Å². The van der Waals surface area contributed by atoms with E-state index in [9.17, 15) is 23.5 Å². The number of amides is 1. The Kier molecular flexibility index (Phi) is 7.86. The summed E-state index contributed by atoms with van der Waals surface area (Å²) >= 11 is 0. The lowest BCUT2D eigenvalue weighted by atomic mass is 10.0. The second-order valence-electron chi connectivity index (χ2n) is 9.11. The molecule has 0 aliphatic rings. The van der Waals surface area contributed by atoms with Crippen LogP contribution < -0.4 is 5.32 Å². The number of nitrogens with zero attached hydrogens (tertiary/aromatic N) is 2. The number of nitrogens with one attached hydrogen (secondary N) is 1. The second kappa shape index (κ2) is 11.2. The van der Waals surface area contributed by atoms with Gasteiger partial charge < -0.3 is 10.4 Å². The van der Waals surface area contributed by atoms with Crippen molar-refractivity contribution >= 4 is 22.9 Å². The van der Waals surface area contributed by atoms with Gasteiger partial charge in [0.1, 0.15) is 11.6 Å². The number of fused-ring (bicyclic) bond motifs is 1. The smallest absolute Gasteiger partial charge is 0.306 e. The van der Waals surface area contributed by atoms with Gasteiger partial charge in [-0.25, -0.2) is 18.7 Å². The van der Waals surface area contributed by atoms with Crippen molar-refractivity contribution in [3.8, 4) is 11.3 Å². The van der Waals surface area contributed by atoms with E-state index in [-0.39, 0.29) is 23.6 Å². The van der Waals surface area contributed by atoms with Gasteiger partial charge in [0.25, 0.3) is 5.91 Å². The first kappa shape index (κ1) is 25.9. The highest BCUT2D eigenvalue weighted by molar-refractivity contribution is 5.97. The molecule has 1 heterocycles. The van der Waals surface area contributed by atoms with E-state index in [1.165, 1.54) is 24.3 Å². The third-order valence-electron chi connectivity index (χ3n) is 6.31. The fourth-order valence-electron chi connectivity index (χ4n) is 4.06. The summed E-state index contributed by atoms with van der Waals surface area (Å²) in [5, 5.41) is 12.1. The van der Waals surface area contributed by atoms with Crippen LogP contribution in [0, 0.1) is 17.6 Å². The molecule has 8 heteroatoms. The van der Waals surface area contributed by atoms with E-state index in [2.05, 4.69) is 5.32 Å². The lowest BCUT2D eigenvalue weighted by molar-refractivity contribution is -0.141. The molecule has 4 aromatic rings.